The Morgan fingerprint density at radius 1 is 1.62 bits per heavy atom. The Hall–Kier alpha value is -2.11. The van der Waals surface area contributed by atoms with Crippen molar-refractivity contribution in [1.82, 2.24) is 10.3 Å². The van der Waals surface area contributed by atoms with Gasteiger partial charge in [-0.15, -0.1) is 0 Å². The first kappa shape index (κ1) is 10.4. The van der Waals surface area contributed by atoms with Crippen molar-refractivity contribution in [2.75, 3.05) is 5.32 Å². The van der Waals surface area contributed by atoms with Gasteiger partial charge in [-0.25, -0.2) is 4.79 Å². The van der Waals surface area contributed by atoms with Gasteiger partial charge in [0.2, 0.25) is 0 Å². The Morgan fingerprint density at radius 2 is 2.44 bits per heavy atom. The standard InChI is InChI=1S/C10H11N3O3/c1-6-8(13-10(15)16-6)9(14)12-7-3-2-4-11-5-7/h2-6,8H,1H3,(H,12,14)(H,13,15). The van der Waals surface area contributed by atoms with Crippen LogP contribution in [0.25, 0.3) is 0 Å². The fourth-order valence-corrected chi connectivity index (χ4v) is 1.45. The van der Waals surface area contributed by atoms with Gasteiger partial charge in [0.25, 0.3) is 5.91 Å². The highest BCUT2D eigenvalue weighted by atomic mass is 16.6. The minimum Gasteiger partial charge on any atom is -0.444 e. The molecule has 1 aromatic rings. The van der Waals surface area contributed by atoms with Crippen LogP contribution >= 0.6 is 0 Å². The molecule has 2 rings (SSSR count). The Morgan fingerprint density at radius 3 is 3.00 bits per heavy atom. The van der Waals surface area contributed by atoms with Crippen LogP contribution in [0.15, 0.2) is 24.5 Å². The number of nitrogens with one attached hydrogen (secondary N) is 2. The fourth-order valence-electron chi connectivity index (χ4n) is 1.45. The van der Waals surface area contributed by atoms with Crippen LogP contribution in [0.5, 0.6) is 0 Å². The van der Waals surface area contributed by atoms with Crippen molar-refractivity contribution in [1.29, 1.82) is 0 Å². The minimum atomic E-state index is -0.660. The highest BCUT2D eigenvalue weighted by molar-refractivity contribution is 5.98. The summed E-state index contributed by atoms with van der Waals surface area (Å²) in [5.41, 5.74) is 0.584. The third-order valence-corrected chi connectivity index (χ3v) is 2.25. The first-order valence-electron chi connectivity index (χ1n) is 4.85. The normalized spacial score (nSPS) is 23.4. The molecule has 1 fully saturated rings. The zero-order chi connectivity index (χ0) is 11.5. The van der Waals surface area contributed by atoms with Gasteiger partial charge in [0, 0.05) is 6.20 Å². The van der Waals surface area contributed by atoms with E-state index in [4.69, 9.17) is 4.74 Å². The van der Waals surface area contributed by atoms with Gasteiger partial charge in [0.05, 0.1) is 11.9 Å². The van der Waals surface area contributed by atoms with Crippen LogP contribution in [-0.4, -0.2) is 29.1 Å². The zero-order valence-corrected chi connectivity index (χ0v) is 8.64. The Kier molecular flexibility index (Phi) is 2.72. The number of carbonyl (C=O) groups is 2. The molecule has 84 valence electrons. The summed E-state index contributed by atoms with van der Waals surface area (Å²) in [6.45, 7) is 1.66. The summed E-state index contributed by atoms with van der Waals surface area (Å²) in [5, 5.41) is 5.07. The van der Waals surface area contributed by atoms with Gasteiger partial charge in [0.15, 0.2) is 0 Å². The molecular weight excluding hydrogens is 210 g/mol. The molecule has 2 N–H and O–H groups in total. The Labute approximate surface area is 92.0 Å². The van der Waals surface area contributed by atoms with Crippen molar-refractivity contribution < 1.29 is 14.3 Å². The largest absolute Gasteiger partial charge is 0.444 e. The Bertz CT molecular complexity index is 407. The summed E-state index contributed by atoms with van der Waals surface area (Å²) in [6, 6.07) is 2.77. The number of cyclic esters (lactones) is 1. The van der Waals surface area contributed by atoms with Crippen LogP contribution in [0.1, 0.15) is 6.92 Å². The number of hydrogen-bond donors (Lipinski definition) is 2. The molecule has 0 aliphatic carbocycles. The van der Waals surface area contributed by atoms with E-state index < -0.39 is 18.2 Å². The summed E-state index contributed by atoms with van der Waals surface area (Å²) in [7, 11) is 0. The molecule has 2 atom stereocenters. The first-order chi connectivity index (χ1) is 7.66. The number of hydrogen-bond acceptors (Lipinski definition) is 4. The van der Waals surface area contributed by atoms with E-state index in [2.05, 4.69) is 15.6 Å². The van der Waals surface area contributed by atoms with E-state index in [1.807, 2.05) is 0 Å². The second kappa shape index (κ2) is 4.18. The maximum absolute atomic E-state index is 11.7. The summed E-state index contributed by atoms with van der Waals surface area (Å²) < 4.78 is 4.81. The molecular formula is C10H11N3O3. The molecule has 0 radical (unpaired) electrons. The minimum absolute atomic E-state index is 0.314. The molecule has 2 unspecified atom stereocenters. The molecule has 0 spiro atoms. The lowest BCUT2D eigenvalue weighted by atomic mass is 10.2. The lowest BCUT2D eigenvalue weighted by molar-refractivity contribution is -0.118. The fraction of sp³-hybridized carbons (Fsp3) is 0.300. The predicted molar refractivity (Wildman–Crippen MR) is 55.7 cm³/mol. The zero-order valence-electron chi connectivity index (χ0n) is 8.64. The van der Waals surface area contributed by atoms with Gasteiger partial charge in [-0.05, 0) is 19.1 Å². The van der Waals surface area contributed by atoms with Crippen LogP contribution < -0.4 is 10.6 Å². The smallest absolute Gasteiger partial charge is 0.408 e. The van der Waals surface area contributed by atoms with Crippen molar-refractivity contribution in [3.05, 3.63) is 24.5 Å². The third-order valence-electron chi connectivity index (χ3n) is 2.25. The average Bonchev–Trinajstić information content (AvgIpc) is 2.59. The molecule has 1 aliphatic rings. The number of alkyl carbamates (subject to hydrolysis) is 1. The third kappa shape index (κ3) is 2.10. The molecule has 16 heavy (non-hydrogen) atoms. The van der Waals surface area contributed by atoms with Gasteiger partial charge >= 0.3 is 6.09 Å². The number of ether oxygens (including phenoxy) is 1. The number of aromatic nitrogens is 1. The molecule has 6 nitrogen and oxygen atoms in total. The number of anilines is 1. The van der Waals surface area contributed by atoms with E-state index in [0.717, 1.165) is 0 Å². The molecule has 0 aromatic carbocycles. The first-order valence-corrected chi connectivity index (χ1v) is 4.85. The van der Waals surface area contributed by atoms with Gasteiger partial charge in [-0.2, -0.15) is 0 Å². The number of pyridine rings is 1. The molecule has 0 bridgehead atoms. The molecule has 1 aliphatic heterocycles. The summed E-state index contributed by atoms with van der Waals surface area (Å²) in [4.78, 5) is 26.5. The molecule has 2 heterocycles. The number of nitrogens with zero attached hydrogens (tertiary/aromatic N) is 1. The van der Waals surface area contributed by atoms with E-state index in [0.29, 0.717) is 5.69 Å². The van der Waals surface area contributed by atoms with Gasteiger partial charge in [0.1, 0.15) is 12.1 Å². The number of rotatable bonds is 2. The predicted octanol–water partition coefficient (Wildman–Crippen LogP) is 0.517. The van der Waals surface area contributed by atoms with E-state index in [1.54, 1.807) is 25.3 Å². The van der Waals surface area contributed by atoms with Crippen LogP contribution in [-0.2, 0) is 9.53 Å². The molecule has 6 heteroatoms. The van der Waals surface area contributed by atoms with Crippen molar-refractivity contribution in [3.63, 3.8) is 0 Å². The average molecular weight is 221 g/mol. The van der Waals surface area contributed by atoms with E-state index in [-0.39, 0.29) is 5.91 Å². The molecule has 1 aromatic heterocycles. The second-order valence-corrected chi connectivity index (χ2v) is 3.46. The maximum atomic E-state index is 11.7. The summed E-state index contributed by atoms with van der Waals surface area (Å²) in [6.07, 6.45) is 2.10. The monoisotopic (exact) mass is 221 g/mol. The van der Waals surface area contributed by atoms with Crippen LogP contribution in [0.3, 0.4) is 0 Å². The van der Waals surface area contributed by atoms with Gasteiger partial charge in [-0.3, -0.25) is 9.78 Å². The van der Waals surface area contributed by atoms with Crippen LogP contribution in [0.4, 0.5) is 10.5 Å². The van der Waals surface area contributed by atoms with E-state index in [9.17, 15) is 9.59 Å². The molecule has 2 amide bonds. The highest BCUT2D eigenvalue weighted by Gasteiger charge is 2.35. The SMILES string of the molecule is CC1OC(=O)NC1C(=O)Nc1cccnc1. The van der Waals surface area contributed by atoms with E-state index >= 15 is 0 Å². The topological polar surface area (TPSA) is 80.3 Å². The molecule has 1 saturated heterocycles. The quantitative estimate of drug-likeness (QED) is 0.762. The second-order valence-electron chi connectivity index (χ2n) is 3.46. The van der Waals surface area contributed by atoms with Gasteiger partial charge < -0.3 is 15.4 Å². The summed E-state index contributed by atoms with van der Waals surface area (Å²) in [5.74, 6) is -0.314. The van der Waals surface area contributed by atoms with Crippen LogP contribution in [0, 0.1) is 0 Å². The highest BCUT2D eigenvalue weighted by Crippen LogP contribution is 2.11. The lowest BCUT2D eigenvalue weighted by Crippen LogP contribution is -2.42. The Balaban J connectivity index is 2.01. The molecule has 0 saturated carbocycles. The van der Waals surface area contributed by atoms with Crippen molar-refractivity contribution >= 4 is 17.7 Å². The van der Waals surface area contributed by atoms with Crippen molar-refractivity contribution in [2.24, 2.45) is 0 Å². The number of carbonyl (C=O) groups excluding carboxylic acids is 2. The van der Waals surface area contributed by atoms with Gasteiger partial charge in [-0.1, -0.05) is 0 Å². The van der Waals surface area contributed by atoms with Crippen molar-refractivity contribution in [2.45, 2.75) is 19.1 Å². The summed E-state index contributed by atoms with van der Waals surface area (Å²) >= 11 is 0. The van der Waals surface area contributed by atoms with E-state index in [1.165, 1.54) is 6.20 Å². The van der Waals surface area contributed by atoms with Crippen molar-refractivity contribution in [3.8, 4) is 0 Å². The number of amides is 2. The maximum Gasteiger partial charge on any atom is 0.408 e. The lowest BCUT2D eigenvalue weighted by Gasteiger charge is -2.12. The van der Waals surface area contributed by atoms with Crippen LogP contribution in [0.2, 0.25) is 0 Å².